The average Bonchev–Trinajstić information content (AvgIpc) is 2.29. The fraction of sp³-hybridized carbons (Fsp3) is 0.0769. The summed E-state index contributed by atoms with van der Waals surface area (Å²) in [5, 5.41) is 2.76. The molecule has 2 rings (SSSR count). The van der Waals surface area contributed by atoms with E-state index in [0.717, 1.165) is 11.3 Å². The van der Waals surface area contributed by atoms with Crippen LogP contribution < -0.4 is 10.9 Å². The second kappa shape index (κ2) is 4.65. The molecule has 17 heavy (non-hydrogen) atoms. The van der Waals surface area contributed by atoms with Gasteiger partial charge in [-0.05, 0) is 30.7 Å². The topological polar surface area (TPSA) is 62.0 Å². The van der Waals surface area contributed by atoms with Crippen LogP contribution in [-0.2, 0) is 0 Å². The molecule has 1 amide bonds. The zero-order valence-electron chi connectivity index (χ0n) is 9.36. The van der Waals surface area contributed by atoms with Crippen LogP contribution in [0.1, 0.15) is 15.9 Å². The number of hydrogen-bond acceptors (Lipinski definition) is 2. The maximum absolute atomic E-state index is 11.8. The summed E-state index contributed by atoms with van der Waals surface area (Å²) in [7, 11) is 0. The molecule has 1 aromatic heterocycles. The van der Waals surface area contributed by atoms with Gasteiger partial charge in [-0.2, -0.15) is 0 Å². The van der Waals surface area contributed by atoms with Crippen molar-refractivity contribution in [2.24, 2.45) is 0 Å². The normalized spacial score (nSPS) is 9.94. The van der Waals surface area contributed by atoms with Crippen molar-refractivity contribution in [3.05, 3.63) is 64.1 Å². The molecule has 86 valence electrons. The molecule has 4 heteroatoms. The molecule has 2 N–H and O–H groups in total. The Labute approximate surface area is 98.3 Å². The number of amides is 1. The first-order valence-electron chi connectivity index (χ1n) is 5.22. The molecule has 0 radical (unpaired) electrons. The van der Waals surface area contributed by atoms with Gasteiger partial charge in [0.2, 0.25) is 5.56 Å². The van der Waals surface area contributed by atoms with Gasteiger partial charge in [-0.25, -0.2) is 0 Å². The minimum atomic E-state index is -0.244. The molecule has 0 aliphatic rings. The molecular formula is C13H12N2O2. The van der Waals surface area contributed by atoms with Crippen molar-refractivity contribution in [3.8, 4) is 0 Å². The van der Waals surface area contributed by atoms with Crippen LogP contribution >= 0.6 is 0 Å². The van der Waals surface area contributed by atoms with Crippen LogP contribution in [0.5, 0.6) is 0 Å². The van der Waals surface area contributed by atoms with Gasteiger partial charge in [0.1, 0.15) is 0 Å². The minimum absolute atomic E-state index is 0.225. The SMILES string of the molecule is Cc1cccc(NC(=O)c2ccc(=O)[nH]c2)c1. The van der Waals surface area contributed by atoms with Gasteiger partial charge < -0.3 is 10.3 Å². The fourth-order valence-electron chi connectivity index (χ4n) is 1.48. The quantitative estimate of drug-likeness (QED) is 0.825. The van der Waals surface area contributed by atoms with Gasteiger partial charge in [-0.15, -0.1) is 0 Å². The fourth-order valence-corrected chi connectivity index (χ4v) is 1.48. The van der Waals surface area contributed by atoms with E-state index in [0.29, 0.717) is 5.56 Å². The monoisotopic (exact) mass is 228 g/mol. The highest BCUT2D eigenvalue weighted by Crippen LogP contribution is 2.10. The molecule has 0 bridgehead atoms. The number of hydrogen-bond donors (Lipinski definition) is 2. The van der Waals surface area contributed by atoms with Crippen LogP contribution in [0.4, 0.5) is 5.69 Å². The van der Waals surface area contributed by atoms with E-state index in [9.17, 15) is 9.59 Å². The maximum atomic E-state index is 11.8. The summed E-state index contributed by atoms with van der Waals surface area (Å²) >= 11 is 0. The first kappa shape index (κ1) is 11.1. The summed E-state index contributed by atoms with van der Waals surface area (Å²) in [5.41, 5.74) is 2.01. The number of benzene rings is 1. The van der Waals surface area contributed by atoms with Crippen LogP contribution in [0.2, 0.25) is 0 Å². The molecule has 0 spiro atoms. The lowest BCUT2D eigenvalue weighted by atomic mass is 10.2. The number of nitrogens with one attached hydrogen (secondary N) is 2. The van der Waals surface area contributed by atoms with Crippen molar-refractivity contribution in [1.29, 1.82) is 0 Å². The van der Waals surface area contributed by atoms with E-state index in [1.165, 1.54) is 18.3 Å². The molecule has 1 aromatic carbocycles. The molecule has 1 heterocycles. The van der Waals surface area contributed by atoms with Crippen molar-refractivity contribution < 1.29 is 4.79 Å². The maximum Gasteiger partial charge on any atom is 0.257 e. The van der Waals surface area contributed by atoms with E-state index in [2.05, 4.69) is 10.3 Å². The highest BCUT2D eigenvalue weighted by atomic mass is 16.1. The highest BCUT2D eigenvalue weighted by Gasteiger charge is 2.05. The van der Waals surface area contributed by atoms with Crippen molar-refractivity contribution in [1.82, 2.24) is 4.98 Å². The third-order valence-electron chi connectivity index (χ3n) is 2.32. The van der Waals surface area contributed by atoms with E-state index in [1.54, 1.807) is 0 Å². The molecule has 0 saturated carbocycles. The highest BCUT2D eigenvalue weighted by molar-refractivity contribution is 6.04. The van der Waals surface area contributed by atoms with Crippen LogP contribution in [0.15, 0.2) is 47.4 Å². The van der Waals surface area contributed by atoms with Crippen molar-refractivity contribution in [2.75, 3.05) is 5.32 Å². The smallest absolute Gasteiger partial charge is 0.257 e. The Morgan fingerprint density at radius 1 is 1.24 bits per heavy atom. The number of carbonyl (C=O) groups excluding carboxylic acids is 1. The summed E-state index contributed by atoms with van der Waals surface area (Å²) in [4.78, 5) is 25.1. The van der Waals surface area contributed by atoms with Crippen molar-refractivity contribution >= 4 is 11.6 Å². The molecule has 0 saturated heterocycles. The molecule has 0 fully saturated rings. The second-order valence-corrected chi connectivity index (χ2v) is 3.77. The Morgan fingerprint density at radius 3 is 2.71 bits per heavy atom. The first-order chi connectivity index (χ1) is 8.15. The summed E-state index contributed by atoms with van der Waals surface area (Å²) < 4.78 is 0. The number of anilines is 1. The van der Waals surface area contributed by atoms with E-state index in [4.69, 9.17) is 0 Å². The van der Waals surface area contributed by atoms with Gasteiger partial charge in [0.25, 0.3) is 5.91 Å². The number of aryl methyl sites for hydroxylation is 1. The van der Waals surface area contributed by atoms with Gasteiger partial charge in [-0.1, -0.05) is 12.1 Å². The Kier molecular flexibility index (Phi) is 3.05. The number of aromatic amines is 1. The number of aromatic nitrogens is 1. The lowest BCUT2D eigenvalue weighted by molar-refractivity contribution is 0.102. The zero-order chi connectivity index (χ0) is 12.3. The largest absolute Gasteiger partial charge is 0.328 e. The summed E-state index contributed by atoms with van der Waals surface area (Å²) in [6, 6.07) is 10.3. The predicted molar refractivity (Wildman–Crippen MR) is 66.2 cm³/mol. The minimum Gasteiger partial charge on any atom is -0.328 e. The average molecular weight is 228 g/mol. The van der Waals surface area contributed by atoms with E-state index < -0.39 is 0 Å². The van der Waals surface area contributed by atoms with Crippen molar-refractivity contribution in [2.45, 2.75) is 6.92 Å². The molecule has 0 unspecified atom stereocenters. The third kappa shape index (κ3) is 2.81. The van der Waals surface area contributed by atoms with E-state index in [-0.39, 0.29) is 11.5 Å². The number of rotatable bonds is 2. The van der Waals surface area contributed by atoms with Crippen LogP contribution in [0.25, 0.3) is 0 Å². The number of H-pyrrole nitrogens is 1. The van der Waals surface area contributed by atoms with Crippen LogP contribution in [0.3, 0.4) is 0 Å². The molecule has 4 nitrogen and oxygen atoms in total. The van der Waals surface area contributed by atoms with Gasteiger partial charge in [-0.3, -0.25) is 9.59 Å². The molecular weight excluding hydrogens is 216 g/mol. The second-order valence-electron chi connectivity index (χ2n) is 3.77. The number of carbonyl (C=O) groups is 1. The third-order valence-corrected chi connectivity index (χ3v) is 2.32. The zero-order valence-corrected chi connectivity index (χ0v) is 9.36. The Bertz CT molecular complexity index is 582. The Balaban J connectivity index is 2.17. The standard InChI is InChI=1S/C13H12N2O2/c1-9-3-2-4-11(7-9)15-13(17)10-5-6-12(16)14-8-10/h2-8H,1H3,(H,14,16)(H,15,17). The molecule has 2 aromatic rings. The summed E-state index contributed by atoms with van der Waals surface area (Å²) in [5.74, 6) is -0.244. The summed E-state index contributed by atoms with van der Waals surface area (Å²) in [6.45, 7) is 1.95. The Morgan fingerprint density at radius 2 is 2.06 bits per heavy atom. The lowest BCUT2D eigenvalue weighted by Crippen LogP contribution is -2.14. The lowest BCUT2D eigenvalue weighted by Gasteiger charge is -2.05. The van der Waals surface area contributed by atoms with Crippen molar-refractivity contribution in [3.63, 3.8) is 0 Å². The van der Waals surface area contributed by atoms with Gasteiger partial charge in [0, 0.05) is 18.0 Å². The van der Waals surface area contributed by atoms with E-state index in [1.807, 2.05) is 31.2 Å². The van der Waals surface area contributed by atoms with E-state index >= 15 is 0 Å². The first-order valence-corrected chi connectivity index (χ1v) is 5.22. The molecule has 0 aliphatic carbocycles. The predicted octanol–water partition coefficient (Wildman–Crippen LogP) is 1.94. The Hall–Kier alpha value is -2.36. The van der Waals surface area contributed by atoms with Crippen LogP contribution in [-0.4, -0.2) is 10.9 Å². The van der Waals surface area contributed by atoms with Crippen LogP contribution in [0, 0.1) is 6.92 Å². The molecule has 0 atom stereocenters. The van der Waals surface area contributed by atoms with Gasteiger partial charge in [0.05, 0.1) is 5.56 Å². The molecule has 0 aliphatic heterocycles. The van der Waals surface area contributed by atoms with Gasteiger partial charge in [0.15, 0.2) is 0 Å². The van der Waals surface area contributed by atoms with Gasteiger partial charge >= 0.3 is 0 Å². The summed E-state index contributed by atoms with van der Waals surface area (Å²) in [6.07, 6.45) is 1.40. The number of pyridine rings is 1.